The largest absolute Gasteiger partial charge is 0.387 e. The summed E-state index contributed by atoms with van der Waals surface area (Å²) in [5.41, 5.74) is 3.24. The van der Waals surface area contributed by atoms with E-state index >= 15 is 0 Å². The number of anilines is 1. The third-order valence-electron chi connectivity index (χ3n) is 3.17. The SMILES string of the molecule is CSNc1ccc(CCNCC(O)c2cccnc2)cc1. The molecule has 1 heterocycles. The normalized spacial score (nSPS) is 12.1. The van der Waals surface area contributed by atoms with E-state index in [0.717, 1.165) is 24.2 Å². The first-order chi connectivity index (χ1) is 10.3. The molecule has 0 amide bonds. The lowest BCUT2D eigenvalue weighted by molar-refractivity contribution is 0.174. The summed E-state index contributed by atoms with van der Waals surface area (Å²) in [6.45, 7) is 1.38. The Balaban J connectivity index is 1.69. The van der Waals surface area contributed by atoms with Crippen LogP contribution in [0.2, 0.25) is 0 Å². The van der Waals surface area contributed by atoms with Crippen LogP contribution in [-0.4, -0.2) is 29.4 Å². The van der Waals surface area contributed by atoms with Crippen LogP contribution in [0.15, 0.2) is 48.8 Å². The molecule has 0 fully saturated rings. The molecule has 4 nitrogen and oxygen atoms in total. The first-order valence-electron chi connectivity index (χ1n) is 6.96. The number of pyridine rings is 1. The summed E-state index contributed by atoms with van der Waals surface area (Å²) in [5, 5.41) is 13.3. The maximum atomic E-state index is 10.0. The highest BCUT2D eigenvalue weighted by molar-refractivity contribution is 7.99. The zero-order valence-corrected chi connectivity index (χ0v) is 12.9. The maximum Gasteiger partial charge on any atom is 0.0929 e. The second-order valence-electron chi connectivity index (χ2n) is 4.76. The summed E-state index contributed by atoms with van der Waals surface area (Å²) in [6.07, 6.45) is 5.85. The Labute approximate surface area is 130 Å². The molecule has 5 heteroatoms. The smallest absolute Gasteiger partial charge is 0.0929 e. The lowest BCUT2D eigenvalue weighted by atomic mass is 10.1. The van der Waals surface area contributed by atoms with Gasteiger partial charge in [0.2, 0.25) is 0 Å². The van der Waals surface area contributed by atoms with Gasteiger partial charge in [-0.2, -0.15) is 0 Å². The van der Waals surface area contributed by atoms with Gasteiger partial charge in [0.1, 0.15) is 0 Å². The van der Waals surface area contributed by atoms with Crippen molar-refractivity contribution in [2.45, 2.75) is 12.5 Å². The fourth-order valence-electron chi connectivity index (χ4n) is 2.02. The van der Waals surface area contributed by atoms with E-state index in [0.29, 0.717) is 6.54 Å². The molecule has 0 aliphatic heterocycles. The highest BCUT2D eigenvalue weighted by Crippen LogP contribution is 2.13. The van der Waals surface area contributed by atoms with Crippen molar-refractivity contribution in [1.29, 1.82) is 0 Å². The minimum atomic E-state index is -0.508. The second kappa shape index (κ2) is 8.67. The molecule has 0 radical (unpaired) electrons. The summed E-state index contributed by atoms with van der Waals surface area (Å²) in [5.74, 6) is 0. The minimum absolute atomic E-state index is 0.508. The van der Waals surface area contributed by atoms with E-state index in [-0.39, 0.29) is 0 Å². The Morgan fingerprint density at radius 1 is 1.24 bits per heavy atom. The Hall–Kier alpha value is -1.56. The minimum Gasteiger partial charge on any atom is -0.387 e. The summed E-state index contributed by atoms with van der Waals surface area (Å²) < 4.78 is 3.20. The average molecular weight is 303 g/mol. The Bertz CT molecular complexity index is 519. The van der Waals surface area contributed by atoms with Gasteiger partial charge in [0.15, 0.2) is 0 Å². The fraction of sp³-hybridized carbons (Fsp3) is 0.312. The van der Waals surface area contributed by atoms with Crippen molar-refractivity contribution < 1.29 is 5.11 Å². The molecule has 1 aromatic carbocycles. The molecule has 0 aliphatic carbocycles. The van der Waals surface area contributed by atoms with Gasteiger partial charge >= 0.3 is 0 Å². The number of nitrogens with zero attached hydrogens (tertiary/aromatic N) is 1. The average Bonchev–Trinajstić information content (AvgIpc) is 2.54. The van der Waals surface area contributed by atoms with Crippen LogP contribution in [0.1, 0.15) is 17.2 Å². The van der Waals surface area contributed by atoms with E-state index in [1.807, 2.05) is 18.4 Å². The molecule has 1 aromatic heterocycles. The molecule has 0 aliphatic rings. The van der Waals surface area contributed by atoms with E-state index in [1.54, 1.807) is 24.3 Å². The van der Waals surface area contributed by atoms with Crippen LogP contribution in [0.3, 0.4) is 0 Å². The molecule has 2 rings (SSSR count). The van der Waals surface area contributed by atoms with Gasteiger partial charge in [-0.3, -0.25) is 4.98 Å². The standard InChI is InChI=1S/C16H21N3OS/c1-21-19-15-6-4-13(5-7-15)8-10-18-12-16(20)14-3-2-9-17-11-14/h2-7,9,11,16,18-20H,8,10,12H2,1H3. The number of benzene rings is 1. The number of hydrogen-bond donors (Lipinski definition) is 3. The monoisotopic (exact) mass is 303 g/mol. The van der Waals surface area contributed by atoms with Crippen molar-refractivity contribution >= 4 is 17.6 Å². The molecule has 112 valence electrons. The third kappa shape index (κ3) is 5.38. The molecular formula is C16H21N3OS. The van der Waals surface area contributed by atoms with Gasteiger partial charge in [-0.25, -0.2) is 0 Å². The number of rotatable bonds is 8. The van der Waals surface area contributed by atoms with Crippen molar-refractivity contribution in [3.8, 4) is 0 Å². The molecule has 0 bridgehead atoms. The van der Waals surface area contributed by atoms with Crippen molar-refractivity contribution in [1.82, 2.24) is 10.3 Å². The number of hydrogen-bond acceptors (Lipinski definition) is 5. The Morgan fingerprint density at radius 3 is 2.71 bits per heavy atom. The van der Waals surface area contributed by atoms with Crippen molar-refractivity contribution in [3.63, 3.8) is 0 Å². The molecule has 21 heavy (non-hydrogen) atoms. The first-order valence-corrected chi connectivity index (χ1v) is 8.18. The zero-order valence-electron chi connectivity index (χ0n) is 12.1. The van der Waals surface area contributed by atoms with Gasteiger partial charge in [0.05, 0.1) is 6.10 Å². The number of nitrogens with one attached hydrogen (secondary N) is 2. The van der Waals surface area contributed by atoms with E-state index in [1.165, 1.54) is 5.56 Å². The van der Waals surface area contributed by atoms with Crippen molar-refractivity contribution in [3.05, 3.63) is 59.9 Å². The van der Waals surface area contributed by atoms with E-state index in [9.17, 15) is 5.11 Å². The molecule has 0 saturated heterocycles. The summed E-state index contributed by atoms with van der Waals surface area (Å²) in [6, 6.07) is 12.1. The fourth-order valence-corrected chi connectivity index (χ4v) is 2.39. The predicted octanol–water partition coefficient (Wildman–Crippen LogP) is 2.64. The van der Waals surface area contributed by atoms with E-state index in [2.05, 4.69) is 39.3 Å². The van der Waals surface area contributed by atoms with Crippen LogP contribution in [-0.2, 0) is 6.42 Å². The molecular weight excluding hydrogens is 282 g/mol. The molecule has 3 N–H and O–H groups in total. The molecule has 0 spiro atoms. The molecule has 1 atom stereocenters. The summed E-state index contributed by atoms with van der Waals surface area (Å²) >= 11 is 1.59. The zero-order chi connectivity index (χ0) is 14.9. The van der Waals surface area contributed by atoms with Gasteiger partial charge in [0.25, 0.3) is 0 Å². The second-order valence-corrected chi connectivity index (χ2v) is 5.37. The van der Waals surface area contributed by atoms with E-state index in [4.69, 9.17) is 0 Å². The number of aromatic nitrogens is 1. The van der Waals surface area contributed by atoms with Gasteiger partial charge < -0.3 is 15.1 Å². The highest BCUT2D eigenvalue weighted by atomic mass is 32.2. The molecule has 0 saturated carbocycles. The van der Waals surface area contributed by atoms with E-state index < -0.39 is 6.10 Å². The van der Waals surface area contributed by atoms with Crippen molar-refractivity contribution in [2.75, 3.05) is 24.1 Å². The third-order valence-corrected chi connectivity index (χ3v) is 3.61. The molecule has 2 aromatic rings. The van der Waals surface area contributed by atoms with Crippen LogP contribution in [0.4, 0.5) is 5.69 Å². The van der Waals surface area contributed by atoms with Crippen LogP contribution in [0.25, 0.3) is 0 Å². The summed E-state index contributed by atoms with van der Waals surface area (Å²) in [4.78, 5) is 4.01. The quantitative estimate of drug-likeness (QED) is 0.517. The maximum absolute atomic E-state index is 10.0. The predicted molar refractivity (Wildman–Crippen MR) is 89.4 cm³/mol. The summed E-state index contributed by atoms with van der Waals surface area (Å²) in [7, 11) is 0. The molecule has 1 unspecified atom stereocenters. The number of aliphatic hydroxyl groups excluding tert-OH is 1. The van der Waals surface area contributed by atoms with Crippen LogP contribution in [0, 0.1) is 0 Å². The Kier molecular flexibility index (Phi) is 6.53. The van der Waals surface area contributed by atoms with Gasteiger partial charge in [-0.15, -0.1) is 0 Å². The van der Waals surface area contributed by atoms with Gasteiger partial charge in [0, 0.05) is 36.4 Å². The van der Waals surface area contributed by atoms with Crippen LogP contribution < -0.4 is 10.0 Å². The Morgan fingerprint density at radius 2 is 2.05 bits per heavy atom. The van der Waals surface area contributed by atoms with Crippen LogP contribution >= 0.6 is 11.9 Å². The van der Waals surface area contributed by atoms with Crippen molar-refractivity contribution in [2.24, 2.45) is 0 Å². The topological polar surface area (TPSA) is 57.2 Å². The van der Waals surface area contributed by atoms with Crippen LogP contribution in [0.5, 0.6) is 0 Å². The lowest BCUT2D eigenvalue weighted by Gasteiger charge is -2.12. The number of aliphatic hydroxyl groups is 1. The van der Waals surface area contributed by atoms with Gasteiger partial charge in [-0.05, 0) is 36.7 Å². The highest BCUT2D eigenvalue weighted by Gasteiger charge is 2.06. The first kappa shape index (κ1) is 15.8. The van der Waals surface area contributed by atoms with Gasteiger partial charge in [-0.1, -0.05) is 30.1 Å². The lowest BCUT2D eigenvalue weighted by Crippen LogP contribution is -2.23.